The summed E-state index contributed by atoms with van der Waals surface area (Å²) >= 11 is 0. The van der Waals surface area contributed by atoms with Crippen LogP contribution < -0.4 is 10.1 Å². The first-order valence-corrected chi connectivity index (χ1v) is 6.75. The van der Waals surface area contributed by atoms with Crippen molar-refractivity contribution in [3.63, 3.8) is 0 Å². The van der Waals surface area contributed by atoms with Crippen molar-refractivity contribution in [2.75, 3.05) is 13.7 Å². The summed E-state index contributed by atoms with van der Waals surface area (Å²) in [5.41, 5.74) is 1.69. The molecule has 1 aromatic carbocycles. The van der Waals surface area contributed by atoms with Crippen molar-refractivity contribution in [3.05, 3.63) is 29.8 Å². The van der Waals surface area contributed by atoms with Gasteiger partial charge < -0.3 is 14.9 Å². The highest BCUT2D eigenvalue weighted by Gasteiger charge is 2.28. The fourth-order valence-electron chi connectivity index (χ4n) is 1.91. The lowest BCUT2D eigenvalue weighted by molar-refractivity contribution is -0.131. The third kappa shape index (κ3) is 3.50. The molecular weight excluding hydrogens is 256 g/mol. The van der Waals surface area contributed by atoms with Crippen molar-refractivity contribution < 1.29 is 14.4 Å². The number of methoxy groups -OCH3 is 1. The van der Waals surface area contributed by atoms with Crippen molar-refractivity contribution in [1.82, 2.24) is 5.32 Å². The van der Waals surface area contributed by atoms with E-state index in [9.17, 15) is 4.79 Å². The van der Waals surface area contributed by atoms with Gasteiger partial charge in [-0.3, -0.25) is 4.79 Å². The van der Waals surface area contributed by atoms with Gasteiger partial charge in [0.2, 0.25) is 6.10 Å². The quantitative estimate of drug-likeness (QED) is 0.894. The van der Waals surface area contributed by atoms with Crippen molar-refractivity contribution in [2.24, 2.45) is 11.1 Å². The van der Waals surface area contributed by atoms with Crippen molar-refractivity contribution in [1.29, 1.82) is 0 Å². The molecule has 0 bridgehead atoms. The molecule has 5 heteroatoms. The number of hydrogen-bond donors (Lipinski definition) is 1. The van der Waals surface area contributed by atoms with E-state index in [1.165, 1.54) is 0 Å². The first-order chi connectivity index (χ1) is 9.60. The maximum absolute atomic E-state index is 11.9. The Morgan fingerprint density at radius 2 is 2.35 bits per heavy atom. The van der Waals surface area contributed by atoms with Crippen molar-refractivity contribution in [3.8, 4) is 5.75 Å². The molecule has 1 N–H and O–H groups in total. The van der Waals surface area contributed by atoms with Gasteiger partial charge in [-0.05, 0) is 18.1 Å². The van der Waals surface area contributed by atoms with Crippen LogP contribution in [0.5, 0.6) is 5.75 Å². The Balaban J connectivity index is 1.95. The number of benzene rings is 1. The van der Waals surface area contributed by atoms with Gasteiger partial charge in [-0.25, -0.2) is 0 Å². The molecule has 0 spiro atoms. The number of amides is 1. The number of nitrogens with zero attached hydrogens (tertiary/aromatic N) is 1. The maximum Gasteiger partial charge on any atom is 0.264 e. The topological polar surface area (TPSA) is 59.9 Å². The molecular formula is C15H20N2O3. The maximum atomic E-state index is 11.9. The predicted octanol–water partition coefficient (Wildman–Crippen LogP) is 1.96. The molecule has 0 aromatic heterocycles. The van der Waals surface area contributed by atoms with Crippen LogP contribution in [0, 0.1) is 5.92 Å². The van der Waals surface area contributed by atoms with E-state index in [0.29, 0.717) is 18.9 Å². The normalized spacial score (nSPS) is 17.6. The van der Waals surface area contributed by atoms with Crippen LogP contribution in [0.4, 0.5) is 0 Å². The van der Waals surface area contributed by atoms with Crippen LogP contribution in [0.15, 0.2) is 29.4 Å². The number of hydrogen-bond acceptors (Lipinski definition) is 4. The molecule has 108 valence electrons. The Morgan fingerprint density at radius 3 is 3.05 bits per heavy atom. The van der Waals surface area contributed by atoms with E-state index in [1.807, 2.05) is 38.1 Å². The van der Waals surface area contributed by atoms with Gasteiger partial charge >= 0.3 is 0 Å². The van der Waals surface area contributed by atoms with E-state index in [4.69, 9.17) is 9.57 Å². The Kier molecular flexibility index (Phi) is 4.61. The second-order valence-corrected chi connectivity index (χ2v) is 5.21. The summed E-state index contributed by atoms with van der Waals surface area (Å²) in [4.78, 5) is 17.1. The average molecular weight is 276 g/mol. The number of ether oxygens (including phenoxy) is 1. The van der Waals surface area contributed by atoms with Crippen LogP contribution >= 0.6 is 0 Å². The van der Waals surface area contributed by atoms with E-state index in [2.05, 4.69) is 10.5 Å². The molecule has 1 aliphatic rings. The van der Waals surface area contributed by atoms with Gasteiger partial charge in [0.25, 0.3) is 5.91 Å². The number of nitrogens with one attached hydrogen (secondary N) is 1. The van der Waals surface area contributed by atoms with Crippen LogP contribution in [0.1, 0.15) is 25.8 Å². The van der Waals surface area contributed by atoms with Crippen molar-refractivity contribution >= 4 is 11.6 Å². The zero-order chi connectivity index (χ0) is 14.5. The molecule has 1 aliphatic heterocycles. The summed E-state index contributed by atoms with van der Waals surface area (Å²) in [6, 6.07) is 7.57. The van der Waals surface area contributed by atoms with E-state index in [-0.39, 0.29) is 5.91 Å². The SMILES string of the molecule is COc1cccc(C2=NOC(C(=O)NCC(C)C)C2)c1. The zero-order valence-corrected chi connectivity index (χ0v) is 12.1. The van der Waals surface area contributed by atoms with Crippen LogP contribution in [0.25, 0.3) is 0 Å². The van der Waals surface area contributed by atoms with E-state index in [0.717, 1.165) is 17.0 Å². The molecule has 1 atom stereocenters. The van der Waals surface area contributed by atoms with Gasteiger partial charge in [0, 0.05) is 18.5 Å². The zero-order valence-electron chi connectivity index (χ0n) is 12.1. The summed E-state index contributed by atoms with van der Waals surface area (Å²) in [5, 5.41) is 6.87. The molecule has 1 unspecified atom stereocenters. The molecule has 1 amide bonds. The highest BCUT2D eigenvalue weighted by atomic mass is 16.6. The summed E-state index contributed by atoms with van der Waals surface area (Å²) in [7, 11) is 1.62. The molecule has 1 heterocycles. The van der Waals surface area contributed by atoms with Gasteiger partial charge in [-0.1, -0.05) is 31.1 Å². The van der Waals surface area contributed by atoms with E-state index < -0.39 is 6.10 Å². The van der Waals surface area contributed by atoms with Crippen LogP contribution in [0.2, 0.25) is 0 Å². The number of rotatable bonds is 5. The predicted molar refractivity (Wildman–Crippen MR) is 76.9 cm³/mol. The summed E-state index contributed by atoms with van der Waals surface area (Å²) in [6.07, 6.45) is -0.0492. The Hall–Kier alpha value is -2.04. The Morgan fingerprint density at radius 1 is 1.55 bits per heavy atom. The second-order valence-electron chi connectivity index (χ2n) is 5.21. The van der Waals surface area contributed by atoms with Crippen molar-refractivity contribution in [2.45, 2.75) is 26.4 Å². The molecule has 20 heavy (non-hydrogen) atoms. The smallest absolute Gasteiger partial charge is 0.264 e. The highest BCUT2D eigenvalue weighted by Crippen LogP contribution is 2.20. The molecule has 0 radical (unpaired) electrons. The lowest BCUT2D eigenvalue weighted by atomic mass is 10.0. The lowest BCUT2D eigenvalue weighted by Crippen LogP contribution is -2.36. The Bertz CT molecular complexity index is 512. The first-order valence-electron chi connectivity index (χ1n) is 6.75. The molecule has 0 aliphatic carbocycles. The van der Waals surface area contributed by atoms with Gasteiger partial charge in [-0.2, -0.15) is 0 Å². The summed E-state index contributed by atoms with van der Waals surface area (Å²) in [6.45, 7) is 4.75. The number of carbonyl (C=O) groups excluding carboxylic acids is 1. The highest BCUT2D eigenvalue weighted by molar-refractivity contribution is 6.04. The molecule has 2 rings (SSSR count). The third-order valence-corrected chi connectivity index (χ3v) is 3.05. The monoisotopic (exact) mass is 276 g/mol. The number of carbonyl (C=O) groups is 1. The molecule has 1 aromatic rings. The molecule has 0 saturated heterocycles. The summed E-state index contributed by atoms with van der Waals surface area (Å²) < 4.78 is 5.18. The lowest BCUT2D eigenvalue weighted by Gasteiger charge is -2.11. The second kappa shape index (κ2) is 6.41. The van der Waals surface area contributed by atoms with Gasteiger partial charge in [0.05, 0.1) is 12.8 Å². The minimum Gasteiger partial charge on any atom is -0.497 e. The van der Waals surface area contributed by atoms with Gasteiger partial charge in [-0.15, -0.1) is 0 Å². The third-order valence-electron chi connectivity index (χ3n) is 3.05. The van der Waals surface area contributed by atoms with Crippen LogP contribution in [-0.2, 0) is 9.63 Å². The van der Waals surface area contributed by atoms with Crippen LogP contribution in [0.3, 0.4) is 0 Å². The Labute approximate surface area is 118 Å². The minimum atomic E-state index is -0.532. The first kappa shape index (κ1) is 14.4. The largest absolute Gasteiger partial charge is 0.497 e. The van der Waals surface area contributed by atoms with Gasteiger partial charge in [0.1, 0.15) is 5.75 Å². The minimum absolute atomic E-state index is 0.111. The van der Waals surface area contributed by atoms with Crippen LogP contribution in [-0.4, -0.2) is 31.4 Å². The van der Waals surface area contributed by atoms with E-state index >= 15 is 0 Å². The molecule has 5 nitrogen and oxygen atoms in total. The summed E-state index contributed by atoms with van der Waals surface area (Å²) in [5.74, 6) is 1.07. The number of oxime groups is 1. The average Bonchev–Trinajstić information content (AvgIpc) is 2.94. The fourth-order valence-corrected chi connectivity index (χ4v) is 1.91. The van der Waals surface area contributed by atoms with Gasteiger partial charge in [0.15, 0.2) is 0 Å². The molecule has 0 fully saturated rings. The molecule has 0 saturated carbocycles. The van der Waals surface area contributed by atoms with E-state index in [1.54, 1.807) is 7.11 Å². The standard InChI is InChI=1S/C15H20N2O3/c1-10(2)9-16-15(18)14-8-13(17-20-14)11-5-4-6-12(7-11)19-3/h4-7,10,14H,8-9H2,1-3H3,(H,16,18). The fraction of sp³-hybridized carbons (Fsp3) is 0.467.